The molecular formula is C17H24ClFN2. The molecule has 2 aliphatic rings. The third-order valence-corrected chi connectivity index (χ3v) is 5.42. The molecule has 2 nitrogen and oxygen atoms in total. The summed E-state index contributed by atoms with van der Waals surface area (Å²) in [5, 5.41) is 3.96. The van der Waals surface area contributed by atoms with Gasteiger partial charge in [-0.05, 0) is 49.8 Å². The minimum absolute atomic E-state index is 0.203. The minimum atomic E-state index is -0.317. The molecule has 1 aromatic carbocycles. The number of rotatable bonds is 4. The number of halogens is 2. The van der Waals surface area contributed by atoms with E-state index in [9.17, 15) is 4.39 Å². The molecule has 0 radical (unpaired) electrons. The Bertz CT molecular complexity index is 518. The summed E-state index contributed by atoms with van der Waals surface area (Å²) in [6.07, 6.45) is 3.79. The van der Waals surface area contributed by atoms with Gasteiger partial charge in [-0.3, -0.25) is 4.90 Å². The predicted molar refractivity (Wildman–Crippen MR) is 85.0 cm³/mol. The van der Waals surface area contributed by atoms with Crippen molar-refractivity contribution in [1.29, 1.82) is 0 Å². The molecule has 1 aliphatic carbocycles. The standard InChI is InChI=1S/C17H24ClFN2/c1-3-14-9-20-17(2,13-5-6-13)11-21(14)10-12-4-7-15(18)16(19)8-12/h4,7-8,13-14,20H,3,5-6,9-11H2,1-2H3. The molecule has 1 heterocycles. The van der Waals surface area contributed by atoms with E-state index in [1.165, 1.54) is 12.8 Å². The fraction of sp³-hybridized carbons (Fsp3) is 0.647. The SMILES string of the molecule is CCC1CNC(C)(C2CC2)CN1Cc1ccc(Cl)c(F)c1. The van der Waals surface area contributed by atoms with Gasteiger partial charge in [0.25, 0.3) is 0 Å². The molecule has 0 amide bonds. The summed E-state index contributed by atoms with van der Waals surface area (Å²) >= 11 is 5.78. The van der Waals surface area contributed by atoms with Crippen LogP contribution in [0.5, 0.6) is 0 Å². The second kappa shape index (κ2) is 5.86. The first kappa shape index (κ1) is 15.3. The van der Waals surface area contributed by atoms with E-state index >= 15 is 0 Å². The molecule has 2 atom stereocenters. The lowest BCUT2D eigenvalue weighted by molar-refractivity contribution is 0.0665. The lowest BCUT2D eigenvalue weighted by Gasteiger charge is -2.46. The molecule has 0 bridgehead atoms. The summed E-state index contributed by atoms with van der Waals surface area (Å²) < 4.78 is 13.6. The van der Waals surface area contributed by atoms with E-state index in [2.05, 4.69) is 24.1 Å². The van der Waals surface area contributed by atoms with Crippen molar-refractivity contribution < 1.29 is 4.39 Å². The summed E-state index contributed by atoms with van der Waals surface area (Å²) in [6.45, 7) is 7.43. The number of piperazine rings is 1. The van der Waals surface area contributed by atoms with Crippen molar-refractivity contribution in [3.8, 4) is 0 Å². The molecule has 0 spiro atoms. The highest BCUT2D eigenvalue weighted by Gasteiger charge is 2.45. The second-order valence-corrected chi connectivity index (χ2v) is 7.20. The summed E-state index contributed by atoms with van der Waals surface area (Å²) in [5.74, 6) is 0.488. The summed E-state index contributed by atoms with van der Waals surface area (Å²) in [4.78, 5) is 2.51. The molecule has 1 saturated heterocycles. The Labute approximate surface area is 131 Å². The van der Waals surface area contributed by atoms with E-state index in [-0.39, 0.29) is 16.4 Å². The van der Waals surface area contributed by atoms with Crippen LogP contribution in [-0.2, 0) is 6.54 Å². The van der Waals surface area contributed by atoms with Crippen molar-refractivity contribution >= 4 is 11.6 Å². The first-order valence-electron chi connectivity index (χ1n) is 7.95. The fourth-order valence-corrected chi connectivity index (χ4v) is 3.66. The van der Waals surface area contributed by atoms with Crippen LogP contribution in [0.1, 0.15) is 38.7 Å². The van der Waals surface area contributed by atoms with E-state index in [1.807, 2.05) is 6.07 Å². The number of hydrogen-bond donors (Lipinski definition) is 1. The molecule has 1 aliphatic heterocycles. The van der Waals surface area contributed by atoms with Gasteiger partial charge in [0.15, 0.2) is 0 Å². The molecule has 4 heteroatoms. The number of hydrogen-bond acceptors (Lipinski definition) is 2. The molecule has 1 aromatic rings. The van der Waals surface area contributed by atoms with E-state index < -0.39 is 0 Å². The Morgan fingerprint density at radius 1 is 1.43 bits per heavy atom. The van der Waals surface area contributed by atoms with Gasteiger partial charge < -0.3 is 5.32 Å². The van der Waals surface area contributed by atoms with Gasteiger partial charge in [0.2, 0.25) is 0 Å². The van der Waals surface area contributed by atoms with Gasteiger partial charge in [-0.25, -0.2) is 4.39 Å². The maximum atomic E-state index is 13.6. The highest BCUT2D eigenvalue weighted by molar-refractivity contribution is 6.30. The fourth-order valence-electron chi connectivity index (χ4n) is 3.54. The van der Waals surface area contributed by atoms with Crippen LogP contribution in [-0.4, -0.2) is 29.6 Å². The maximum absolute atomic E-state index is 13.6. The normalized spacial score (nSPS) is 30.6. The molecule has 2 fully saturated rings. The molecule has 116 valence electrons. The van der Waals surface area contributed by atoms with Crippen molar-refractivity contribution in [3.05, 3.63) is 34.6 Å². The molecule has 2 unspecified atom stereocenters. The Balaban J connectivity index is 1.74. The van der Waals surface area contributed by atoms with Crippen molar-refractivity contribution in [1.82, 2.24) is 10.2 Å². The van der Waals surface area contributed by atoms with Gasteiger partial charge in [-0.1, -0.05) is 24.6 Å². The van der Waals surface area contributed by atoms with Crippen LogP contribution in [0.4, 0.5) is 4.39 Å². The zero-order valence-electron chi connectivity index (χ0n) is 12.8. The average molecular weight is 311 g/mol. The van der Waals surface area contributed by atoms with Gasteiger partial charge in [0.1, 0.15) is 5.82 Å². The number of benzene rings is 1. The van der Waals surface area contributed by atoms with Crippen molar-refractivity contribution in [2.75, 3.05) is 13.1 Å². The van der Waals surface area contributed by atoms with Crippen LogP contribution in [0.2, 0.25) is 5.02 Å². The van der Waals surface area contributed by atoms with Crippen LogP contribution in [0.3, 0.4) is 0 Å². The molecule has 1 saturated carbocycles. The van der Waals surface area contributed by atoms with Crippen molar-refractivity contribution in [2.45, 2.75) is 51.2 Å². The van der Waals surface area contributed by atoms with E-state index in [1.54, 1.807) is 12.1 Å². The number of nitrogens with one attached hydrogen (secondary N) is 1. The highest BCUT2D eigenvalue weighted by Crippen LogP contribution is 2.41. The third-order valence-electron chi connectivity index (χ3n) is 5.11. The summed E-state index contributed by atoms with van der Waals surface area (Å²) in [6, 6.07) is 5.70. The van der Waals surface area contributed by atoms with Gasteiger partial charge in [-0.15, -0.1) is 0 Å². The van der Waals surface area contributed by atoms with E-state index in [4.69, 9.17) is 11.6 Å². The topological polar surface area (TPSA) is 15.3 Å². The van der Waals surface area contributed by atoms with Crippen molar-refractivity contribution in [2.24, 2.45) is 5.92 Å². The van der Waals surface area contributed by atoms with Crippen LogP contribution in [0.25, 0.3) is 0 Å². The van der Waals surface area contributed by atoms with Crippen molar-refractivity contribution in [3.63, 3.8) is 0 Å². The summed E-state index contributed by atoms with van der Waals surface area (Å²) in [7, 11) is 0. The molecule has 21 heavy (non-hydrogen) atoms. The zero-order chi connectivity index (χ0) is 15.0. The highest BCUT2D eigenvalue weighted by atomic mass is 35.5. The lowest BCUT2D eigenvalue weighted by atomic mass is 9.90. The van der Waals surface area contributed by atoms with Crippen LogP contribution < -0.4 is 5.32 Å². The van der Waals surface area contributed by atoms with E-state index in [0.29, 0.717) is 6.04 Å². The predicted octanol–water partition coefficient (Wildman–Crippen LogP) is 3.83. The van der Waals surface area contributed by atoms with E-state index in [0.717, 1.165) is 37.5 Å². The Hall–Kier alpha value is -0.640. The van der Waals surface area contributed by atoms with Crippen LogP contribution >= 0.6 is 11.6 Å². The first-order valence-corrected chi connectivity index (χ1v) is 8.32. The second-order valence-electron chi connectivity index (χ2n) is 6.79. The van der Waals surface area contributed by atoms with Gasteiger partial charge >= 0.3 is 0 Å². The molecular weight excluding hydrogens is 287 g/mol. The maximum Gasteiger partial charge on any atom is 0.142 e. The quantitative estimate of drug-likeness (QED) is 0.909. The van der Waals surface area contributed by atoms with Gasteiger partial charge in [-0.2, -0.15) is 0 Å². The smallest absolute Gasteiger partial charge is 0.142 e. The van der Waals surface area contributed by atoms with Gasteiger partial charge in [0.05, 0.1) is 5.02 Å². The molecule has 3 rings (SSSR count). The monoisotopic (exact) mass is 310 g/mol. The molecule has 1 N–H and O–H groups in total. The number of nitrogens with zero attached hydrogens (tertiary/aromatic N) is 1. The van der Waals surface area contributed by atoms with Crippen LogP contribution in [0, 0.1) is 11.7 Å². The average Bonchev–Trinajstić information content (AvgIpc) is 3.28. The lowest BCUT2D eigenvalue weighted by Crippen LogP contribution is -2.63. The minimum Gasteiger partial charge on any atom is -0.308 e. The first-order chi connectivity index (χ1) is 10.0. The zero-order valence-corrected chi connectivity index (χ0v) is 13.6. The Morgan fingerprint density at radius 3 is 2.81 bits per heavy atom. The van der Waals surface area contributed by atoms with Crippen LogP contribution in [0.15, 0.2) is 18.2 Å². The largest absolute Gasteiger partial charge is 0.308 e. The Kier molecular flexibility index (Phi) is 4.26. The molecule has 0 aromatic heterocycles. The Morgan fingerprint density at radius 2 is 2.19 bits per heavy atom. The van der Waals surface area contributed by atoms with Gasteiger partial charge in [0, 0.05) is 31.2 Å². The summed E-state index contributed by atoms with van der Waals surface area (Å²) in [5.41, 5.74) is 1.23. The third kappa shape index (κ3) is 3.25.